The smallest absolute Gasteiger partial charge is 0.208 e. The number of halogens is 1. The Morgan fingerprint density at radius 2 is 1.94 bits per heavy atom. The van der Waals surface area contributed by atoms with Crippen molar-refractivity contribution in [2.45, 2.75) is 16.3 Å². The first-order valence-corrected chi connectivity index (χ1v) is 6.68. The van der Waals surface area contributed by atoms with Crippen LogP contribution in [0.3, 0.4) is 0 Å². The molecule has 0 aliphatic rings. The summed E-state index contributed by atoms with van der Waals surface area (Å²) in [7, 11) is -3.73. The Bertz CT molecular complexity index is 654. The Kier molecular flexibility index (Phi) is 3.40. The highest BCUT2D eigenvalue weighted by Gasteiger charge is 2.18. The SMILES string of the molecule is NCc1ccc(S(=O)(=O)c2cccc(F)c2)cn1. The minimum Gasteiger partial charge on any atom is -0.325 e. The van der Waals surface area contributed by atoms with Crippen LogP contribution in [0.2, 0.25) is 0 Å². The molecule has 1 aromatic carbocycles. The van der Waals surface area contributed by atoms with Crippen molar-refractivity contribution in [3.05, 3.63) is 54.1 Å². The first kappa shape index (κ1) is 12.7. The van der Waals surface area contributed by atoms with E-state index in [2.05, 4.69) is 4.98 Å². The molecule has 0 aliphatic heterocycles. The average molecular weight is 266 g/mol. The normalized spacial score (nSPS) is 11.4. The highest BCUT2D eigenvalue weighted by atomic mass is 32.2. The molecule has 1 aromatic heterocycles. The average Bonchev–Trinajstić information content (AvgIpc) is 2.39. The van der Waals surface area contributed by atoms with Crippen molar-refractivity contribution in [1.29, 1.82) is 0 Å². The zero-order chi connectivity index (χ0) is 13.2. The van der Waals surface area contributed by atoms with Gasteiger partial charge >= 0.3 is 0 Å². The molecular formula is C12H11FN2O2S. The van der Waals surface area contributed by atoms with Crippen LogP contribution >= 0.6 is 0 Å². The van der Waals surface area contributed by atoms with Crippen LogP contribution < -0.4 is 5.73 Å². The van der Waals surface area contributed by atoms with E-state index >= 15 is 0 Å². The molecule has 0 bridgehead atoms. The fourth-order valence-electron chi connectivity index (χ4n) is 1.46. The molecular weight excluding hydrogens is 255 g/mol. The highest BCUT2D eigenvalue weighted by Crippen LogP contribution is 2.20. The van der Waals surface area contributed by atoms with Crippen LogP contribution in [0.25, 0.3) is 0 Å². The predicted octanol–water partition coefficient (Wildman–Crippen LogP) is 1.51. The van der Waals surface area contributed by atoms with E-state index in [1.54, 1.807) is 0 Å². The molecule has 1 heterocycles. The number of benzene rings is 1. The van der Waals surface area contributed by atoms with E-state index in [1.807, 2.05) is 0 Å². The monoisotopic (exact) mass is 266 g/mol. The summed E-state index contributed by atoms with van der Waals surface area (Å²) in [6.45, 7) is 0.236. The van der Waals surface area contributed by atoms with Crippen molar-refractivity contribution in [2.75, 3.05) is 0 Å². The van der Waals surface area contributed by atoms with Crippen molar-refractivity contribution in [2.24, 2.45) is 5.73 Å². The molecule has 94 valence electrons. The van der Waals surface area contributed by atoms with Gasteiger partial charge in [0.05, 0.1) is 15.5 Å². The van der Waals surface area contributed by atoms with E-state index in [9.17, 15) is 12.8 Å². The van der Waals surface area contributed by atoms with E-state index in [1.165, 1.54) is 36.5 Å². The molecule has 0 aliphatic carbocycles. The van der Waals surface area contributed by atoms with E-state index in [4.69, 9.17) is 5.73 Å². The van der Waals surface area contributed by atoms with Crippen LogP contribution in [0.5, 0.6) is 0 Å². The number of hydrogen-bond acceptors (Lipinski definition) is 4. The molecule has 2 aromatic rings. The number of nitrogens with zero attached hydrogens (tertiary/aromatic N) is 1. The quantitative estimate of drug-likeness (QED) is 0.914. The van der Waals surface area contributed by atoms with Crippen LogP contribution in [0.15, 0.2) is 52.4 Å². The molecule has 6 heteroatoms. The Morgan fingerprint density at radius 3 is 2.50 bits per heavy atom. The lowest BCUT2D eigenvalue weighted by Crippen LogP contribution is -2.05. The molecule has 0 saturated heterocycles. The standard InChI is InChI=1S/C12H11FN2O2S/c13-9-2-1-3-11(6-9)18(16,17)12-5-4-10(7-14)15-8-12/h1-6,8H,7,14H2. The predicted molar refractivity (Wildman–Crippen MR) is 64.0 cm³/mol. The lowest BCUT2D eigenvalue weighted by molar-refractivity contribution is 0.590. The van der Waals surface area contributed by atoms with E-state index in [0.717, 1.165) is 6.07 Å². The summed E-state index contributed by atoms with van der Waals surface area (Å²) < 4.78 is 37.3. The topological polar surface area (TPSA) is 73.1 Å². The summed E-state index contributed by atoms with van der Waals surface area (Å²) in [4.78, 5) is 3.84. The second-order valence-electron chi connectivity index (χ2n) is 3.65. The van der Waals surface area contributed by atoms with Crippen molar-refractivity contribution in [1.82, 2.24) is 4.98 Å². The van der Waals surface area contributed by atoms with Gasteiger partial charge in [-0.2, -0.15) is 0 Å². The third-order valence-electron chi connectivity index (χ3n) is 2.42. The van der Waals surface area contributed by atoms with Gasteiger partial charge < -0.3 is 5.73 Å². The van der Waals surface area contributed by atoms with Gasteiger partial charge in [0.15, 0.2) is 0 Å². The minimum absolute atomic E-state index is 0.0188. The molecule has 0 unspecified atom stereocenters. The van der Waals surface area contributed by atoms with Crippen LogP contribution in [-0.2, 0) is 16.4 Å². The Balaban J connectivity index is 2.47. The number of hydrogen-bond donors (Lipinski definition) is 1. The van der Waals surface area contributed by atoms with E-state index < -0.39 is 15.7 Å². The van der Waals surface area contributed by atoms with Gasteiger partial charge in [-0.3, -0.25) is 4.98 Å². The largest absolute Gasteiger partial charge is 0.325 e. The molecule has 0 amide bonds. The maximum atomic E-state index is 13.0. The number of pyridine rings is 1. The maximum Gasteiger partial charge on any atom is 0.208 e. The summed E-state index contributed by atoms with van der Waals surface area (Å²) >= 11 is 0. The van der Waals surface area contributed by atoms with Gasteiger partial charge in [-0.1, -0.05) is 6.07 Å². The first-order chi connectivity index (χ1) is 8.54. The van der Waals surface area contributed by atoms with E-state index in [-0.39, 0.29) is 16.3 Å². The van der Waals surface area contributed by atoms with Gasteiger partial charge in [-0.15, -0.1) is 0 Å². The van der Waals surface area contributed by atoms with Crippen molar-refractivity contribution >= 4 is 9.84 Å². The second-order valence-corrected chi connectivity index (χ2v) is 5.60. The molecule has 18 heavy (non-hydrogen) atoms. The Labute approximate surface area is 104 Å². The Hall–Kier alpha value is -1.79. The lowest BCUT2D eigenvalue weighted by Gasteiger charge is -2.05. The number of aromatic nitrogens is 1. The second kappa shape index (κ2) is 4.83. The summed E-state index contributed by atoms with van der Waals surface area (Å²) in [5.41, 5.74) is 5.97. The summed E-state index contributed by atoms with van der Waals surface area (Å²) in [5.74, 6) is -0.595. The highest BCUT2D eigenvalue weighted by molar-refractivity contribution is 7.91. The number of nitrogens with two attached hydrogens (primary N) is 1. The van der Waals surface area contributed by atoms with E-state index in [0.29, 0.717) is 5.69 Å². The molecule has 0 spiro atoms. The molecule has 2 rings (SSSR count). The lowest BCUT2D eigenvalue weighted by atomic mass is 10.3. The van der Waals surface area contributed by atoms with Crippen molar-refractivity contribution in [3.63, 3.8) is 0 Å². The number of rotatable bonds is 3. The van der Waals surface area contributed by atoms with Crippen molar-refractivity contribution < 1.29 is 12.8 Å². The van der Waals surface area contributed by atoms with Crippen LogP contribution in [-0.4, -0.2) is 13.4 Å². The van der Waals surface area contributed by atoms with Gasteiger partial charge in [0, 0.05) is 12.7 Å². The van der Waals surface area contributed by atoms with Gasteiger partial charge in [0.2, 0.25) is 9.84 Å². The van der Waals surface area contributed by atoms with Crippen LogP contribution in [0.1, 0.15) is 5.69 Å². The maximum absolute atomic E-state index is 13.0. The molecule has 0 fully saturated rings. The molecule has 0 saturated carbocycles. The minimum atomic E-state index is -3.73. The fourth-order valence-corrected chi connectivity index (χ4v) is 2.70. The zero-order valence-corrected chi connectivity index (χ0v) is 10.2. The first-order valence-electron chi connectivity index (χ1n) is 5.19. The van der Waals surface area contributed by atoms with Crippen LogP contribution in [0, 0.1) is 5.82 Å². The molecule has 0 atom stereocenters. The summed E-state index contributed by atoms with van der Waals surface area (Å²) in [6, 6.07) is 7.81. The fraction of sp³-hybridized carbons (Fsp3) is 0.0833. The third kappa shape index (κ3) is 2.39. The van der Waals surface area contributed by atoms with Gasteiger partial charge in [0.25, 0.3) is 0 Å². The third-order valence-corrected chi connectivity index (χ3v) is 4.16. The van der Waals surface area contributed by atoms with Crippen LogP contribution in [0.4, 0.5) is 4.39 Å². The zero-order valence-electron chi connectivity index (χ0n) is 9.38. The van der Waals surface area contributed by atoms with Gasteiger partial charge in [-0.25, -0.2) is 12.8 Å². The van der Waals surface area contributed by atoms with Crippen molar-refractivity contribution in [3.8, 4) is 0 Å². The van der Waals surface area contributed by atoms with Gasteiger partial charge in [-0.05, 0) is 30.3 Å². The molecule has 4 nitrogen and oxygen atoms in total. The van der Waals surface area contributed by atoms with Gasteiger partial charge in [0.1, 0.15) is 5.82 Å². The molecule has 2 N–H and O–H groups in total. The molecule has 0 radical (unpaired) electrons. The summed E-state index contributed by atoms with van der Waals surface area (Å²) in [6.07, 6.45) is 1.22. The Morgan fingerprint density at radius 1 is 1.17 bits per heavy atom. The number of sulfone groups is 1. The summed E-state index contributed by atoms with van der Waals surface area (Å²) in [5, 5.41) is 0.